The number of aromatic nitrogens is 1. The molecule has 1 aromatic carbocycles. The number of hydrogen-bond donors (Lipinski definition) is 2. The van der Waals surface area contributed by atoms with Gasteiger partial charge >= 0.3 is 0 Å². The number of pyridine rings is 1. The predicted octanol–water partition coefficient (Wildman–Crippen LogP) is 3.77. The SMILES string of the molecule is Cc1ccc(C)c(NC(=O)c2cccc(NC(C)C)n2)c1. The highest BCUT2D eigenvalue weighted by atomic mass is 16.1. The Morgan fingerprint density at radius 3 is 2.62 bits per heavy atom. The summed E-state index contributed by atoms with van der Waals surface area (Å²) in [4.78, 5) is 16.7. The van der Waals surface area contributed by atoms with Gasteiger partial charge in [-0.3, -0.25) is 4.79 Å². The molecule has 0 bridgehead atoms. The molecule has 4 nitrogen and oxygen atoms in total. The van der Waals surface area contributed by atoms with E-state index in [1.165, 1.54) is 0 Å². The molecular formula is C17H21N3O. The zero-order chi connectivity index (χ0) is 15.4. The fraction of sp³-hybridized carbons (Fsp3) is 0.294. The number of hydrogen-bond acceptors (Lipinski definition) is 3. The second-order valence-corrected chi connectivity index (χ2v) is 5.48. The molecule has 1 aromatic heterocycles. The lowest BCUT2D eigenvalue weighted by Gasteiger charge is -2.11. The highest BCUT2D eigenvalue weighted by Crippen LogP contribution is 2.17. The fourth-order valence-electron chi connectivity index (χ4n) is 1.99. The lowest BCUT2D eigenvalue weighted by Crippen LogP contribution is -2.17. The maximum absolute atomic E-state index is 12.3. The first-order chi connectivity index (χ1) is 9.95. The lowest BCUT2D eigenvalue weighted by atomic mass is 10.1. The number of anilines is 2. The molecule has 0 aliphatic rings. The number of carbonyl (C=O) groups excluding carboxylic acids is 1. The van der Waals surface area contributed by atoms with Gasteiger partial charge < -0.3 is 10.6 Å². The smallest absolute Gasteiger partial charge is 0.274 e. The third kappa shape index (κ3) is 4.05. The quantitative estimate of drug-likeness (QED) is 0.898. The molecule has 0 aliphatic carbocycles. The van der Waals surface area contributed by atoms with Crippen molar-refractivity contribution < 1.29 is 4.79 Å². The van der Waals surface area contributed by atoms with Gasteiger partial charge in [-0.2, -0.15) is 0 Å². The number of benzene rings is 1. The van der Waals surface area contributed by atoms with Crippen LogP contribution in [-0.4, -0.2) is 16.9 Å². The van der Waals surface area contributed by atoms with Crippen LogP contribution in [0.1, 0.15) is 35.5 Å². The van der Waals surface area contributed by atoms with Crippen LogP contribution in [0.3, 0.4) is 0 Å². The summed E-state index contributed by atoms with van der Waals surface area (Å²) in [6.07, 6.45) is 0. The number of aryl methyl sites for hydroxylation is 2. The van der Waals surface area contributed by atoms with Crippen molar-refractivity contribution >= 4 is 17.4 Å². The van der Waals surface area contributed by atoms with Crippen LogP contribution in [0.2, 0.25) is 0 Å². The van der Waals surface area contributed by atoms with Crippen LogP contribution in [0.5, 0.6) is 0 Å². The summed E-state index contributed by atoms with van der Waals surface area (Å²) >= 11 is 0. The first-order valence-electron chi connectivity index (χ1n) is 7.08. The summed E-state index contributed by atoms with van der Waals surface area (Å²) in [5.41, 5.74) is 3.37. The minimum Gasteiger partial charge on any atom is -0.368 e. The average molecular weight is 283 g/mol. The van der Waals surface area contributed by atoms with Crippen molar-refractivity contribution in [1.29, 1.82) is 0 Å². The Kier molecular flexibility index (Phi) is 4.58. The van der Waals surface area contributed by atoms with E-state index in [-0.39, 0.29) is 11.9 Å². The number of nitrogens with one attached hydrogen (secondary N) is 2. The summed E-state index contributed by atoms with van der Waals surface area (Å²) in [5.74, 6) is 0.509. The molecule has 1 heterocycles. The maximum atomic E-state index is 12.3. The zero-order valence-electron chi connectivity index (χ0n) is 12.9. The van der Waals surface area contributed by atoms with Crippen LogP contribution in [0, 0.1) is 13.8 Å². The monoisotopic (exact) mass is 283 g/mol. The Hall–Kier alpha value is -2.36. The Balaban J connectivity index is 2.18. The second kappa shape index (κ2) is 6.39. The maximum Gasteiger partial charge on any atom is 0.274 e. The van der Waals surface area contributed by atoms with E-state index in [2.05, 4.69) is 15.6 Å². The van der Waals surface area contributed by atoms with Crippen molar-refractivity contribution in [2.75, 3.05) is 10.6 Å². The van der Waals surface area contributed by atoms with Gasteiger partial charge in [0.1, 0.15) is 11.5 Å². The summed E-state index contributed by atoms with van der Waals surface area (Å²) in [5, 5.41) is 6.11. The van der Waals surface area contributed by atoms with Crippen LogP contribution >= 0.6 is 0 Å². The molecule has 1 amide bonds. The van der Waals surface area contributed by atoms with Gasteiger partial charge in [0.2, 0.25) is 0 Å². The molecule has 110 valence electrons. The average Bonchev–Trinajstić information content (AvgIpc) is 2.42. The van der Waals surface area contributed by atoms with Crippen molar-refractivity contribution in [1.82, 2.24) is 4.98 Å². The third-order valence-corrected chi connectivity index (χ3v) is 3.06. The van der Waals surface area contributed by atoms with Gasteiger partial charge in [-0.15, -0.1) is 0 Å². The van der Waals surface area contributed by atoms with E-state index in [0.717, 1.165) is 16.8 Å². The molecule has 2 aromatic rings. The van der Waals surface area contributed by atoms with Crippen LogP contribution < -0.4 is 10.6 Å². The molecule has 2 rings (SSSR count). The van der Waals surface area contributed by atoms with Crippen LogP contribution in [0.25, 0.3) is 0 Å². The fourth-order valence-corrected chi connectivity index (χ4v) is 1.99. The minimum absolute atomic E-state index is 0.198. The summed E-state index contributed by atoms with van der Waals surface area (Å²) in [6, 6.07) is 11.7. The lowest BCUT2D eigenvalue weighted by molar-refractivity contribution is 0.102. The Morgan fingerprint density at radius 1 is 1.14 bits per heavy atom. The number of carbonyl (C=O) groups is 1. The highest BCUT2D eigenvalue weighted by Gasteiger charge is 2.10. The topological polar surface area (TPSA) is 54.0 Å². The first-order valence-corrected chi connectivity index (χ1v) is 7.08. The standard InChI is InChI=1S/C17H21N3O/c1-11(2)18-16-7-5-6-14(19-16)17(21)20-15-10-12(3)8-9-13(15)4/h5-11H,1-4H3,(H,18,19)(H,20,21). The van der Waals surface area contributed by atoms with Gasteiger partial charge in [0, 0.05) is 11.7 Å². The van der Waals surface area contributed by atoms with Gasteiger partial charge in [-0.1, -0.05) is 18.2 Å². The van der Waals surface area contributed by atoms with Crippen molar-refractivity contribution in [2.45, 2.75) is 33.7 Å². The van der Waals surface area contributed by atoms with E-state index in [1.54, 1.807) is 6.07 Å². The summed E-state index contributed by atoms with van der Waals surface area (Å²) < 4.78 is 0. The van der Waals surface area contributed by atoms with Gasteiger partial charge in [0.05, 0.1) is 0 Å². The van der Waals surface area contributed by atoms with E-state index in [1.807, 2.05) is 58.0 Å². The largest absolute Gasteiger partial charge is 0.368 e. The molecular weight excluding hydrogens is 262 g/mol. The van der Waals surface area contributed by atoms with E-state index < -0.39 is 0 Å². The molecule has 0 unspecified atom stereocenters. The van der Waals surface area contributed by atoms with Crippen LogP contribution in [-0.2, 0) is 0 Å². The van der Waals surface area contributed by atoms with Crippen molar-refractivity contribution in [3.05, 3.63) is 53.2 Å². The van der Waals surface area contributed by atoms with Gasteiger partial charge in [0.15, 0.2) is 0 Å². The predicted molar refractivity (Wildman–Crippen MR) is 86.9 cm³/mol. The van der Waals surface area contributed by atoms with E-state index in [0.29, 0.717) is 11.5 Å². The first kappa shape index (κ1) is 15.0. The molecule has 0 radical (unpaired) electrons. The molecule has 2 N–H and O–H groups in total. The molecule has 0 spiro atoms. The molecule has 4 heteroatoms. The summed E-state index contributed by atoms with van der Waals surface area (Å²) in [6.45, 7) is 8.04. The highest BCUT2D eigenvalue weighted by molar-refractivity contribution is 6.03. The molecule has 0 aliphatic heterocycles. The van der Waals surface area contributed by atoms with Gasteiger partial charge in [-0.25, -0.2) is 4.98 Å². The van der Waals surface area contributed by atoms with Gasteiger partial charge in [-0.05, 0) is 57.0 Å². The van der Waals surface area contributed by atoms with Crippen molar-refractivity contribution in [3.8, 4) is 0 Å². The Labute approximate surface area is 125 Å². The Bertz CT molecular complexity index is 650. The minimum atomic E-state index is -0.198. The third-order valence-electron chi connectivity index (χ3n) is 3.06. The number of nitrogens with zero attached hydrogens (tertiary/aromatic N) is 1. The van der Waals surface area contributed by atoms with E-state index in [9.17, 15) is 4.79 Å². The van der Waals surface area contributed by atoms with E-state index in [4.69, 9.17) is 0 Å². The molecule has 0 atom stereocenters. The van der Waals surface area contributed by atoms with Gasteiger partial charge in [0.25, 0.3) is 5.91 Å². The normalized spacial score (nSPS) is 10.5. The van der Waals surface area contributed by atoms with Crippen molar-refractivity contribution in [3.63, 3.8) is 0 Å². The van der Waals surface area contributed by atoms with Crippen molar-refractivity contribution in [2.24, 2.45) is 0 Å². The Morgan fingerprint density at radius 2 is 1.90 bits per heavy atom. The molecule has 0 fully saturated rings. The number of amides is 1. The van der Waals surface area contributed by atoms with Crippen LogP contribution in [0.15, 0.2) is 36.4 Å². The summed E-state index contributed by atoms with van der Waals surface area (Å²) in [7, 11) is 0. The molecule has 0 saturated carbocycles. The molecule has 21 heavy (non-hydrogen) atoms. The van der Waals surface area contributed by atoms with Crippen LogP contribution in [0.4, 0.5) is 11.5 Å². The molecule has 0 saturated heterocycles. The number of rotatable bonds is 4. The van der Waals surface area contributed by atoms with E-state index >= 15 is 0 Å². The second-order valence-electron chi connectivity index (χ2n) is 5.48. The zero-order valence-corrected chi connectivity index (χ0v) is 12.9.